The van der Waals surface area contributed by atoms with Crippen LogP contribution in [0.3, 0.4) is 0 Å². The molecule has 1 atom stereocenters. The lowest BCUT2D eigenvalue weighted by atomic mass is 10.2. The summed E-state index contributed by atoms with van der Waals surface area (Å²) < 4.78 is 12.7. The highest BCUT2D eigenvalue weighted by Crippen LogP contribution is 2.33. The fraction of sp³-hybridized carbons (Fsp3) is 0.391. The number of ether oxygens (including phenoxy) is 2. The molecule has 0 saturated carbocycles. The van der Waals surface area contributed by atoms with E-state index in [1.807, 2.05) is 34.7 Å². The Morgan fingerprint density at radius 2 is 1.97 bits per heavy atom. The maximum Gasteiger partial charge on any atom is 0.413 e. The van der Waals surface area contributed by atoms with Crippen molar-refractivity contribution >= 4 is 23.5 Å². The summed E-state index contributed by atoms with van der Waals surface area (Å²) in [4.78, 5) is 35.5. The molecule has 0 radical (unpaired) electrons. The molecule has 0 bridgehead atoms. The van der Waals surface area contributed by atoms with Gasteiger partial charge in [-0.15, -0.1) is 0 Å². The van der Waals surface area contributed by atoms with Gasteiger partial charge in [-0.25, -0.2) is 19.6 Å². The zero-order valence-corrected chi connectivity index (χ0v) is 18.4. The Labute approximate surface area is 186 Å². The maximum atomic E-state index is 12.8. The number of carbonyl (C=O) groups excluding carboxylic acids is 2. The van der Waals surface area contributed by atoms with Gasteiger partial charge in [-0.05, 0) is 39.2 Å². The first kappa shape index (κ1) is 21.6. The van der Waals surface area contributed by atoms with Crippen LogP contribution in [0.2, 0.25) is 0 Å². The number of likely N-dealkylation sites (tertiary alicyclic amines) is 1. The van der Waals surface area contributed by atoms with Gasteiger partial charge in [0.05, 0.1) is 12.2 Å². The van der Waals surface area contributed by atoms with E-state index in [4.69, 9.17) is 9.47 Å². The third kappa shape index (κ3) is 4.82. The van der Waals surface area contributed by atoms with Crippen molar-refractivity contribution in [2.75, 3.05) is 11.9 Å². The molecule has 0 unspecified atom stereocenters. The Kier molecular flexibility index (Phi) is 5.98. The summed E-state index contributed by atoms with van der Waals surface area (Å²) in [5.74, 6) is 1.04. The van der Waals surface area contributed by atoms with Gasteiger partial charge in [0.25, 0.3) is 0 Å². The molecule has 9 heteroatoms. The van der Waals surface area contributed by atoms with Crippen molar-refractivity contribution < 1.29 is 19.1 Å². The lowest BCUT2D eigenvalue weighted by Gasteiger charge is -2.23. The number of anilines is 1. The summed E-state index contributed by atoms with van der Waals surface area (Å²) in [5, 5.41) is 2.68. The Bertz CT molecular complexity index is 1110. The molecule has 1 saturated heterocycles. The molecule has 4 rings (SSSR count). The molecule has 1 aliphatic heterocycles. The van der Waals surface area contributed by atoms with Crippen molar-refractivity contribution in [3.8, 4) is 0 Å². The summed E-state index contributed by atoms with van der Waals surface area (Å²) in [6, 6.07) is 9.36. The molecule has 9 nitrogen and oxygen atoms in total. The smallest absolute Gasteiger partial charge is 0.413 e. The van der Waals surface area contributed by atoms with Crippen molar-refractivity contribution in [2.24, 2.45) is 0 Å². The normalized spacial score (nSPS) is 16.2. The third-order valence-electron chi connectivity index (χ3n) is 5.10. The molecule has 0 aliphatic carbocycles. The van der Waals surface area contributed by atoms with Gasteiger partial charge in [-0.1, -0.05) is 30.3 Å². The number of hydrogen-bond donors (Lipinski definition) is 1. The number of benzene rings is 1. The highest BCUT2D eigenvalue weighted by molar-refractivity contribution is 5.88. The lowest BCUT2D eigenvalue weighted by Crippen LogP contribution is -2.32. The minimum absolute atomic E-state index is 0.221. The number of nitrogens with zero attached hydrogens (tertiary/aromatic N) is 4. The summed E-state index contributed by atoms with van der Waals surface area (Å²) in [6.45, 7) is 6.20. The van der Waals surface area contributed by atoms with Crippen LogP contribution >= 0.6 is 0 Å². The van der Waals surface area contributed by atoms with Crippen LogP contribution < -0.4 is 5.32 Å². The molecule has 3 aromatic rings. The van der Waals surface area contributed by atoms with Crippen LogP contribution in [-0.2, 0) is 16.1 Å². The minimum atomic E-state index is -0.620. The van der Waals surface area contributed by atoms with Crippen LogP contribution in [0, 0.1) is 0 Å². The molecule has 1 aromatic carbocycles. The molecule has 2 amide bonds. The topological polar surface area (TPSA) is 98.1 Å². The van der Waals surface area contributed by atoms with Crippen LogP contribution in [0.25, 0.3) is 5.52 Å². The van der Waals surface area contributed by atoms with Crippen LogP contribution in [0.1, 0.15) is 51.0 Å². The van der Waals surface area contributed by atoms with E-state index in [9.17, 15) is 9.59 Å². The minimum Gasteiger partial charge on any atom is -0.445 e. The number of fused-ring (bicyclic) bond motifs is 1. The van der Waals surface area contributed by atoms with E-state index in [2.05, 4.69) is 15.3 Å². The fourth-order valence-corrected chi connectivity index (χ4v) is 3.75. The standard InChI is InChI=1S/C23H27N5O4/c1-23(2,3)32-21(29)26-19-18-14-25-20(27(18)13-11-24-19)17-10-7-12-28(17)22(30)31-15-16-8-5-4-6-9-16/h4-6,8-9,11,13-14,17H,7,10,12,15H2,1-3H3,(H,24,26,29)/t17-/m0/s1. The summed E-state index contributed by atoms with van der Waals surface area (Å²) in [5.41, 5.74) is 0.940. The first-order valence-corrected chi connectivity index (χ1v) is 10.6. The van der Waals surface area contributed by atoms with E-state index in [0.29, 0.717) is 23.7 Å². The SMILES string of the molecule is CC(C)(C)OC(=O)Nc1nccn2c([C@@H]3CCCN3C(=O)OCc3ccccc3)ncc12. The quantitative estimate of drug-likeness (QED) is 0.643. The molecule has 2 aromatic heterocycles. The molecule has 1 aliphatic rings. The van der Waals surface area contributed by atoms with Gasteiger partial charge in [-0.2, -0.15) is 0 Å². The molecular formula is C23H27N5O4. The maximum absolute atomic E-state index is 12.8. The molecule has 1 fully saturated rings. The predicted octanol–water partition coefficient (Wildman–Crippen LogP) is 4.55. The summed E-state index contributed by atoms with van der Waals surface area (Å²) in [6.07, 6.45) is 5.66. The zero-order chi connectivity index (χ0) is 22.7. The van der Waals surface area contributed by atoms with E-state index < -0.39 is 11.7 Å². The predicted molar refractivity (Wildman–Crippen MR) is 118 cm³/mol. The lowest BCUT2D eigenvalue weighted by molar-refractivity contribution is 0.0635. The van der Waals surface area contributed by atoms with E-state index in [1.165, 1.54) is 0 Å². The Morgan fingerprint density at radius 3 is 2.72 bits per heavy atom. The van der Waals surface area contributed by atoms with Crippen molar-refractivity contribution in [3.63, 3.8) is 0 Å². The second-order valence-electron chi connectivity index (χ2n) is 8.67. The van der Waals surface area contributed by atoms with Crippen LogP contribution in [0.4, 0.5) is 15.4 Å². The van der Waals surface area contributed by atoms with Crippen LogP contribution in [0.5, 0.6) is 0 Å². The highest BCUT2D eigenvalue weighted by Gasteiger charge is 2.34. The second-order valence-corrected chi connectivity index (χ2v) is 8.67. The number of imidazole rings is 1. The molecule has 32 heavy (non-hydrogen) atoms. The second kappa shape index (κ2) is 8.86. The van der Waals surface area contributed by atoms with E-state index in [1.54, 1.807) is 44.3 Å². The number of carbonyl (C=O) groups is 2. The number of rotatable bonds is 4. The number of nitrogens with one attached hydrogen (secondary N) is 1. The monoisotopic (exact) mass is 437 g/mol. The number of amides is 2. The third-order valence-corrected chi connectivity index (χ3v) is 5.10. The molecule has 1 N–H and O–H groups in total. The Morgan fingerprint density at radius 1 is 1.19 bits per heavy atom. The zero-order valence-electron chi connectivity index (χ0n) is 18.4. The van der Waals surface area contributed by atoms with E-state index >= 15 is 0 Å². The molecule has 168 valence electrons. The Balaban J connectivity index is 1.51. The van der Waals surface area contributed by atoms with E-state index in [0.717, 1.165) is 18.4 Å². The van der Waals surface area contributed by atoms with Crippen molar-refractivity contribution in [1.29, 1.82) is 0 Å². The fourth-order valence-electron chi connectivity index (χ4n) is 3.75. The molecular weight excluding hydrogens is 410 g/mol. The van der Waals surface area contributed by atoms with Crippen molar-refractivity contribution in [1.82, 2.24) is 19.3 Å². The largest absolute Gasteiger partial charge is 0.445 e. The number of aromatic nitrogens is 3. The summed E-state index contributed by atoms with van der Waals surface area (Å²) >= 11 is 0. The first-order valence-electron chi connectivity index (χ1n) is 10.6. The highest BCUT2D eigenvalue weighted by atomic mass is 16.6. The van der Waals surface area contributed by atoms with Gasteiger partial charge < -0.3 is 9.47 Å². The van der Waals surface area contributed by atoms with Crippen molar-refractivity contribution in [2.45, 2.75) is 51.9 Å². The first-order chi connectivity index (χ1) is 15.3. The van der Waals surface area contributed by atoms with Crippen LogP contribution in [0.15, 0.2) is 48.9 Å². The van der Waals surface area contributed by atoms with Gasteiger partial charge in [0.1, 0.15) is 23.5 Å². The Hall–Kier alpha value is -3.62. The van der Waals surface area contributed by atoms with Gasteiger partial charge in [0.2, 0.25) is 0 Å². The number of hydrogen-bond acceptors (Lipinski definition) is 6. The van der Waals surface area contributed by atoms with Gasteiger partial charge in [0.15, 0.2) is 5.82 Å². The van der Waals surface area contributed by atoms with Gasteiger partial charge >= 0.3 is 12.2 Å². The average molecular weight is 438 g/mol. The summed E-state index contributed by atoms with van der Waals surface area (Å²) in [7, 11) is 0. The van der Waals surface area contributed by atoms with Gasteiger partial charge in [-0.3, -0.25) is 14.6 Å². The molecule has 0 spiro atoms. The van der Waals surface area contributed by atoms with E-state index in [-0.39, 0.29) is 18.7 Å². The van der Waals surface area contributed by atoms with Crippen LogP contribution in [-0.4, -0.2) is 43.6 Å². The van der Waals surface area contributed by atoms with Gasteiger partial charge in [0, 0.05) is 18.9 Å². The average Bonchev–Trinajstić information content (AvgIpc) is 3.38. The van der Waals surface area contributed by atoms with Crippen molar-refractivity contribution in [3.05, 3.63) is 60.3 Å². The molecule has 3 heterocycles.